The van der Waals surface area contributed by atoms with E-state index in [2.05, 4.69) is 48.5 Å². The van der Waals surface area contributed by atoms with Crippen LogP contribution >= 0.6 is 0 Å². The van der Waals surface area contributed by atoms with Crippen LogP contribution in [-0.2, 0) is 6.54 Å². The highest BCUT2D eigenvalue weighted by Gasteiger charge is 1.97. The maximum Gasteiger partial charge on any atom is 0.0645 e. The number of hydrogen-bond donors (Lipinski definition) is 1. The average Bonchev–Trinajstić information content (AvgIpc) is 2.83. The topological polar surface area (TPSA) is 29.9 Å². The molecule has 0 aliphatic carbocycles. The maximum absolute atomic E-state index is 4.20. The average molecular weight is 229 g/mol. The van der Waals surface area contributed by atoms with Crippen molar-refractivity contribution in [2.75, 3.05) is 6.54 Å². The lowest BCUT2D eigenvalue weighted by atomic mass is 10.2. The molecule has 1 aromatic carbocycles. The van der Waals surface area contributed by atoms with Crippen molar-refractivity contribution < 1.29 is 0 Å². The van der Waals surface area contributed by atoms with Crippen LogP contribution in [0.2, 0.25) is 0 Å². The Morgan fingerprint density at radius 3 is 2.59 bits per heavy atom. The smallest absolute Gasteiger partial charge is 0.0645 e. The van der Waals surface area contributed by atoms with Gasteiger partial charge in [0.05, 0.1) is 5.69 Å². The van der Waals surface area contributed by atoms with Crippen LogP contribution in [0.1, 0.15) is 19.4 Å². The van der Waals surface area contributed by atoms with Crippen molar-refractivity contribution in [2.45, 2.75) is 20.4 Å². The number of nitrogens with one attached hydrogen (secondary N) is 1. The number of aromatic nitrogens is 2. The Kier molecular flexibility index (Phi) is 3.94. The third kappa shape index (κ3) is 3.43. The third-order valence-electron chi connectivity index (χ3n) is 2.59. The second-order valence-electron chi connectivity index (χ2n) is 4.64. The van der Waals surface area contributed by atoms with Crippen molar-refractivity contribution >= 4 is 0 Å². The first-order valence-electron chi connectivity index (χ1n) is 6.05. The summed E-state index contributed by atoms with van der Waals surface area (Å²) in [6.45, 7) is 6.42. The monoisotopic (exact) mass is 229 g/mol. The molecule has 0 saturated carbocycles. The Bertz CT molecular complexity index is 429. The van der Waals surface area contributed by atoms with Gasteiger partial charge in [0.15, 0.2) is 0 Å². The van der Waals surface area contributed by atoms with Gasteiger partial charge in [0.25, 0.3) is 0 Å². The van der Waals surface area contributed by atoms with E-state index in [0.29, 0.717) is 5.92 Å². The van der Waals surface area contributed by atoms with Gasteiger partial charge in [-0.1, -0.05) is 26.0 Å². The fraction of sp³-hybridized carbons (Fsp3) is 0.357. The summed E-state index contributed by atoms with van der Waals surface area (Å²) >= 11 is 0. The van der Waals surface area contributed by atoms with Gasteiger partial charge in [-0.3, -0.25) is 0 Å². The molecule has 0 bridgehead atoms. The molecule has 1 heterocycles. The van der Waals surface area contributed by atoms with Gasteiger partial charge in [-0.15, -0.1) is 0 Å². The number of benzene rings is 1. The molecule has 1 aromatic heterocycles. The van der Waals surface area contributed by atoms with Crippen molar-refractivity contribution in [1.82, 2.24) is 15.1 Å². The molecule has 2 aromatic rings. The molecule has 90 valence electrons. The van der Waals surface area contributed by atoms with Crippen LogP contribution in [0.3, 0.4) is 0 Å². The fourth-order valence-electron chi connectivity index (χ4n) is 1.69. The van der Waals surface area contributed by atoms with Gasteiger partial charge in [0.1, 0.15) is 0 Å². The molecule has 1 N–H and O–H groups in total. The van der Waals surface area contributed by atoms with Crippen molar-refractivity contribution in [3.05, 3.63) is 48.3 Å². The first-order valence-corrected chi connectivity index (χ1v) is 6.05. The van der Waals surface area contributed by atoms with E-state index < -0.39 is 0 Å². The third-order valence-corrected chi connectivity index (χ3v) is 2.59. The van der Waals surface area contributed by atoms with E-state index in [4.69, 9.17) is 0 Å². The molecular weight excluding hydrogens is 210 g/mol. The van der Waals surface area contributed by atoms with E-state index >= 15 is 0 Å². The minimum atomic E-state index is 0.693. The molecule has 0 spiro atoms. The quantitative estimate of drug-likeness (QED) is 0.854. The Hall–Kier alpha value is -1.61. The van der Waals surface area contributed by atoms with E-state index in [1.165, 1.54) is 5.56 Å². The summed E-state index contributed by atoms with van der Waals surface area (Å²) < 4.78 is 1.87. The van der Waals surface area contributed by atoms with E-state index in [-0.39, 0.29) is 0 Å². The number of nitrogens with zero attached hydrogens (tertiary/aromatic N) is 2. The van der Waals surface area contributed by atoms with Gasteiger partial charge in [0, 0.05) is 18.9 Å². The van der Waals surface area contributed by atoms with Gasteiger partial charge in [-0.2, -0.15) is 5.10 Å². The van der Waals surface area contributed by atoms with Crippen molar-refractivity contribution in [1.29, 1.82) is 0 Å². The lowest BCUT2D eigenvalue weighted by Gasteiger charge is -2.08. The molecule has 0 aliphatic heterocycles. The summed E-state index contributed by atoms with van der Waals surface area (Å²) in [5, 5.41) is 7.64. The predicted octanol–water partition coefficient (Wildman–Crippen LogP) is 2.62. The Morgan fingerprint density at radius 1 is 1.24 bits per heavy atom. The molecule has 0 unspecified atom stereocenters. The van der Waals surface area contributed by atoms with Crippen LogP contribution in [0, 0.1) is 5.92 Å². The summed E-state index contributed by atoms with van der Waals surface area (Å²) in [7, 11) is 0. The highest BCUT2D eigenvalue weighted by molar-refractivity contribution is 5.33. The van der Waals surface area contributed by atoms with Gasteiger partial charge >= 0.3 is 0 Å². The maximum atomic E-state index is 4.20. The highest BCUT2D eigenvalue weighted by Crippen LogP contribution is 2.08. The lowest BCUT2D eigenvalue weighted by molar-refractivity contribution is 0.552. The highest BCUT2D eigenvalue weighted by atomic mass is 15.3. The Morgan fingerprint density at radius 2 is 2.00 bits per heavy atom. The molecule has 17 heavy (non-hydrogen) atoms. The molecule has 0 saturated heterocycles. The molecule has 0 amide bonds. The van der Waals surface area contributed by atoms with E-state index in [1.807, 2.05) is 16.9 Å². The Balaban J connectivity index is 1.94. The van der Waals surface area contributed by atoms with E-state index in [9.17, 15) is 0 Å². The second kappa shape index (κ2) is 5.64. The zero-order valence-corrected chi connectivity index (χ0v) is 10.4. The van der Waals surface area contributed by atoms with E-state index in [1.54, 1.807) is 6.20 Å². The van der Waals surface area contributed by atoms with Crippen LogP contribution in [0.15, 0.2) is 42.7 Å². The molecular formula is C14H19N3. The largest absolute Gasteiger partial charge is 0.312 e. The standard InChI is InChI=1S/C14H19N3/c1-12(2)10-15-11-13-4-6-14(7-5-13)17-9-3-8-16-17/h3-9,12,15H,10-11H2,1-2H3. The van der Waals surface area contributed by atoms with Gasteiger partial charge in [-0.05, 0) is 36.2 Å². The van der Waals surface area contributed by atoms with Crippen LogP contribution in [0.5, 0.6) is 0 Å². The number of hydrogen-bond acceptors (Lipinski definition) is 2. The number of rotatable bonds is 5. The van der Waals surface area contributed by atoms with Crippen molar-refractivity contribution in [3.8, 4) is 5.69 Å². The molecule has 2 rings (SSSR count). The van der Waals surface area contributed by atoms with Crippen molar-refractivity contribution in [3.63, 3.8) is 0 Å². The van der Waals surface area contributed by atoms with Gasteiger partial charge < -0.3 is 5.32 Å². The zero-order valence-electron chi connectivity index (χ0n) is 10.4. The fourth-order valence-corrected chi connectivity index (χ4v) is 1.69. The summed E-state index contributed by atoms with van der Waals surface area (Å²) in [6.07, 6.45) is 3.74. The van der Waals surface area contributed by atoms with E-state index in [0.717, 1.165) is 18.8 Å². The van der Waals surface area contributed by atoms with Gasteiger partial charge in [0.2, 0.25) is 0 Å². The summed E-state index contributed by atoms with van der Waals surface area (Å²) in [5.41, 5.74) is 2.41. The summed E-state index contributed by atoms with van der Waals surface area (Å²) in [5.74, 6) is 0.693. The van der Waals surface area contributed by atoms with Crippen molar-refractivity contribution in [2.24, 2.45) is 5.92 Å². The predicted molar refractivity (Wildman–Crippen MR) is 70.1 cm³/mol. The minimum absolute atomic E-state index is 0.693. The summed E-state index contributed by atoms with van der Waals surface area (Å²) in [4.78, 5) is 0. The molecule has 0 atom stereocenters. The first kappa shape index (κ1) is 11.9. The lowest BCUT2D eigenvalue weighted by Crippen LogP contribution is -2.18. The van der Waals surface area contributed by atoms with Crippen LogP contribution < -0.4 is 5.32 Å². The zero-order chi connectivity index (χ0) is 12.1. The van der Waals surface area contributed by atoms with Crippen LogP contribution in [0.4, 0.5) is 0 Å². The molecule has 3 nitrogen and oxygen atoms in total. The van der Waals surface area contributed by atoms with Gasteiger partial charge in [-0.25, -0.2) is 4.68 Å². The minimum Gasteiger partial charge on any atom is -0.312 e. The molecule has 0 fully saturated rings. The first-order chi connectivity index (χ1) is 8.25. The molecule has 0 aliphatic rings. The van der Waals surface area contributed by atoms with Crippen LogP contribution in [0.25, 0.3) is 5.69 Å². The SMILES string of the molecule is CC(C)CNCc1ccc(-n2cccn2)cc1. The normalized spacial score (nSPS) is 11.0. The molecule has 0 radical (unpaired) electrons. The molecule has 3 heteroatoms. The summed E-state index contributed by atoms with van der Waals surface area (Å²) in [6, 6.07) is 10.4. The second-order valence-corrected chi connectivity index (χ2v) is 4.64. The Labute approximate surface area is 102 Å². The van der Waals surface area contributed by atoms with Crippen LogP contribution in [-0.4, -0.2) is 16.3 Å².